The maximum absolute atomic E-state index is 6.20. The van der Waals surface area contributed by atoms with Gasteiger partial charge in [0.05, 0.1) is 0 Å². The van der Waals surface area contributed by atoms with E-state index in [0.29, 0.717) is 5.38 Å². The van der Waals surface area contributed by atoms with Gasteiger partial charge in [0.15, 0.2) is 0 Å². The number of hydrogen-bond donors (Lipinski definition) is 1. The van der Waals surface area contributed by atoms with E-state index in [0.717, 1.165) is 19.0 Å². The molecule has 0 radical (unpaired) electrons. The van der Waals surface area contributed by atoms with Gasteiger partial charge < -0.3 is 5.32 Å². The Hall–Kier alpha value is 0.250. The summed E-state index contributed by atoms with van der Waals surface area (Å²) >= 11 is 6.20. The quantitative estimate of drug-likeness (QED) is 0.444. The predicted octanol–water partition coefficient (Wildman–Crippen LogP) is 3.95. The Morgan fingerprint density at radius 1 is 1.13 bits per heavy atom. The SMILES string of the molecule is CCCCCCCCNCC(Cl)C1CC1. The van der Waals surface area contributed by atoms with Gasteiger partial charge in [-0.2, -0.15) is 0 Å². The Morgan fingerprint density at radius 3 is 2.47 bits per heavy atom. The fourth-order valence-electron chi connectivity index (χ4n) is 1.89. The fraction of sp³-hybridized carbons (Fsp3) is 1.00. The summed E-state index contributed by atoms with van der Waals surface area (Å²) in [6.45, 7) is 4.43. The van der Waals surface area contributed by atoms with Crippen molar-refractivity contribution >= 4 is 11.6 Å². The molecule has 0 saturated heterocycles. The van der Waals surface area contributed by atoms with E-state index < -0.39 is 0 Å². The number of halogens is 1. The molecule has 1 fully saturated rings. The maximum atomic E-state index is 6.20. The van der Waals surface area contributed by atoms with Crippen molar-refractivity contribution in [3.63, 3.8) is 0 Å². The van der Waals surface area contributed by atoms with Crippen LogP contribution in [0.2, 0.25) is 0 Å². The van der Waals surface area contributed by atoms with Gasteiger partial charge in [0.25, 0.3) is 0 Å². The highest BCUT2D eigenvalue weighted by Crippen LogP contribution is 2.35. The molecule has 1 nitrogen and oxygen atoms in total. The van der Waals surface area contributed by atoms with Crippen LogP contribution in [-0.4, -0.2) is 18.5 Å². The van der Waals surface area contributed by atoms with Gasteiger partial charge in [-0.05, 0) is 31.7 Å². The summed E-state index contributed by atoms with van der Waals surface area (Å²) in [5, 5.41) is 3.86. The smallest absolute Gasteiger partial charge is 0.0488 e. The van der Waals surface area contributed by atoms with E-state index in [9.17, 15) is 0 Å². The highest BCUT2D eigenvalue weighted by atomic mass is 35.5. The number of rotatable bonds is 10. The molecule has 0 aromatic heterocycles. The summed E-state index contributed by atoms with van der Waals surface area (Å²) in [7, 11) is 0. The van der Waals surface area contributed by atoms with Crippen LogP contribution in [-0.2, 0) is 0 Å². The molecule has 1 aliphatic rings. The van der Waals surface area contributed by atoms with Crippen LogP contribution in [0.15, 0.2) is 0 Å². The summed E-state index contributed by atoms with van der Waals surface area (Å²) in [5.41, 5.74) is 0. The molecular weight excluding hydrogens is 206 g/mol. The lowest BCUT2D eigenvalue weighted by atomic mass is 10.1. The van der Waals surface area contributed by atoms with E-state index in [1.165, 1.54) is 51.4 Å². The minimum absolute atomic E-state index is 0.394. The number of alkyl halides is 1. The largest absolute Gasteiger partial charge is 0.315 e. The van der Waals surface area contributed by atoms with Crippen LogP contribution in [0.1, 0.15) is 58.3 Å². The molecule has 0 heterocycles. The summed E-state index contributed by atoms with van der Waals surface area (Å²) in [6.07, 6.45) is 11.0. The lowest BCUT2D eigenvalue weighted by Crippen LogP contribution is -2.25. The van der Waals surface area contributed by atoms with Crippen molar-refractivity contribution in [2.75, 3.05) is 13.1 Å². The van der Waals surface area contributed by atoms with E-state index in [1.54, 1.807) is 0 Å². The highest BCUT2D eigenvalue weighted by molar-refractivity contribution is 6.21. The number of hydrogen-bond acceptors (Lipinski definition) is 1. The zero-order valence-electron chi connectivity index (χ0n) is 10.1. The van der Waals surface area contributed by atoms with Gasteiger partial charge in [-0.3, -0.25) is 0 Å². The first-order chi connectivity index (χ1) is 7.34. The molecule has 0 aliphatic heterocycles. The Labute approximate surface area is 100.0 Å². The number of nitrogens with one attached hydrogen (secondary N) is 1. The van der Waals surface area contributed by atoms with Crippen molar-refractivity contribution in [1.29, 1.82) is 0 Å². The van der Waals surface area contributed by atoms with E-state index in [4.69, 9.17) is 11.6 Å². The standard InChI is InChI=1S/C13H26ClN/c1-2-3-4-5-6-7-10-15-11-13(14)12-8-9-12/h12-13,15H,2-11H2,1H3. The lowest BCUT2D eigenvalue weighted by Gasteiger charge is -2.09. The summed E-state index contributed by atoms with van der Waals surface area (Å²) in [6, 6.07) is 0. The third-order valence-corrected chi connectivity index (χ3v) is 3.69. The van der Waals surface area contributed by atoms with Crippen molar-refractivity contribution in [2.24, 2.45) is 5.92 Å². The number of unbranched alkanes of at least 4 members (excludes halogenated alkanes) is 5. The van der Waals surface area contributed by atoms with Gasteiger partial charge in [0.1, 0.15) is 0 Å². The molecule has 0 bridgehead atoms. The van der Waals surface area contributed by atoms with Crippen molar-refractivity contribution in [3.8, 4) is 0 Å². The molecule has 1 N–H and O–H groups in total. The molecule has 0 aromatic rings. The van der Waals surface area contributed by atoms with Crippen molar-refractivity contribution < 1.29 is 0 Å². The molecule has 2 heteroatoms. The molecule has 1 atom stereocenters. The van der Waals surface area contributed by atoms with Gasteiger partial charge in [-0.15, -0.1) is 11.6 Å². The fourth-order valence-corrected chi connectivity index (χ4v) is 2.26. The van der Waals surface area contributed by atoms with Crippen molar-refractivity contribution in [2.45, 2.75) is 63.7 Å². The lowest BCUT2D eigenvalue weighted by molar-refractivity contribution is 0.557. The third-order valence-electron chi connectivity index (χ3n) is 3.18. The van der Waals surface area contributed by atoms with Crippen LogP contribution in [0.5, 0.6) is 0 Å². The van der Waals surface area contributed by atoms with Gasteiger partial charge in [0.2, 0.25) is 0 Å². The van der Waals surface area contributed by atoms with Gasteiger partial charge in [-0.1, -0.05) is 39.0 Å². The molecule has 1 aliphatic carbocycles. The average molecular weight is 232 g/mol. The van der Waals surface area contributed by atoms with Gasteiger partial charge in [0, 0.05) is 11.9 Å². The first kappa shape index (κ1) is 13.3. The topological polar surface area (TPSA) is 12.0 Å². The molecule has 0 amide bonds. The maximum Gasteiger partial charge on any atom is 0.0488 e. The molecular formula is C13H26ClN. The van der Waals surface area contributed by atoms with Crippen LogP contribution in [0.4, 0.5) is 0 Å². The molecule has 0 spiro atoms. The molecule has 1 unspecified atom stereocenters. The van der Waals surface area contributed by atoms with Crippen LogP contribution in [0.25, 0.3) is 0 Å². The zero-order chi connectivity index (χ0) is 10.9. The highest BCUT2D eigenvalue weighted by Gasteiger charge is 2.28. The zero-order valence-corrected chi connectivity index (χ0v) is 10.9. The Bertz CT molecular complexity index is 145. The van der Waals surface area contributed by atoms with Crippen molar-refractivity contribution in [1.82, 2.24) is 5.32 Å². The molecule has 90 valence electrons. The van der Waals surface area contributed by atoms with Gasteiger partial charge in [-0.25, -0.2) is 0 Å². The van der Waals surface area contributed by atoms with E-state index in [2.05, 4.69) is 12.2 Å². The first-order valence-corrected chi connectivity index (χ1v) is 7.13. The minimum Gasteiger partial charge on any atom is -0.315 e. The third kappa shape index (κ3) is 7.19. The predicted molar refractivity (Wildman–Crippen MR) is 68.6 cm³/mol. The van der Waals surface area contributed by atoms with Crippen LogP contribution in [0, 0.1) is 5.92 Å². The molecule has 15 heavy (non-hydrogen) atoms. The van der Waals surface area contributed by atoms with E-state index in [-0.39, 0.29) is 0 Å². The average Bonchev–Trinajstić information content (AvgIpc) is 3.05. The van der Waals surface area contributed by atoms with Crippen LogP contribution < -0.4 is 5.32 Å². The van der Waals surface area contributed by atoms with E-state index in [1.807, 2.05) is 0 Å². The van der Waals surface area contributed by atoms with E-state index >= 15 is 0 Å². The molecule has 1 saturated carbocycles. The first-order valence-electron chi connectivity index (χ1n) is 6.69. The Morgan fingerprint density at radius 2 is 1.80 bits per heavy atom. The molecule has 0 aromatic carbocycles. The normalized spacial score (nSPS) is 18.0. The summed E-state index contributed by atoms with van der Waals surface area (Å²) < 4.78 is 0. The summed E-state index contributed by atoms with van der Waals surface area (Å²) in [5.74, 6) is 0.823. The van der Waals surface area contributed by atoms with Crippen LogP contribution in [0.3, 0.4) is 0 Å². The minimum atomic E-state index is 0.394. The Kier molecular flexibility index (Phi) is 7.46. The second-order valence-electron chi connectivity index (χ2n) is 4.83. The Balaban J connectivity index is 1.72. The monoisotopic (exact) mass is 231 g/mol. The second-order valence-corrected chi connectivity index (χ2v) is 5.39. The summed E-state index contributed by atoms with van der Waals surface area (Å²) in [4.78, 5) is 0. The molecule has 1 rings (SSSR count). The van der Waals surface area contributed by atoms with Crippen LogP contribution >= 0.6 is 11.6 Å². The second kappa shape index (κ2) is 8.41. The van der Waals surface area contributed by atoms with Crippen molar-refractivity contribution in [3.05, 3.63) is 0 Å². The van der Waals surface area contributed by atoms with Gasteiger partial charge >= 0.3 is 0 Å².